The van der Waals surface area contributed by atoms with Gasteiger partial charge in [0.15, 0.2) is 0 Å². The number of aliphatic hydroxyl groups is 1. The van der Waals surface area contributed by atoms with Crippen molar-refractivity contribution in [2.45, 2.75) is 23.3 Å². The van der Waals surface area contributed by atoms with Crippen LogP contribution in [0, 0.1) is 0 Å². The number of benzene rings is 1. The minimum atomic E-state index is -0.508. The lowest BCUT2D eigenvalue weighted by Gasteiger charge is -2.11. The third-order valence-corrected chi connectivity index (χ3v) is 4.13. The molecule has 1 atom stereocenters. The molecule has 0 spiro atoms. The average molecular weight is 303 g/mol. The minimum Gasteiger partial charge on any atom is -0.382 e. The number of thioether (sulfide) groups is 1. The van der Waals surface area contributed by atoms with Crippen molar-refractivity contribution < 1.29 is 5.11 Å². The highest BCUT2D eigenvalue weighted by Gasteiger charge is 2.09. The second-order valence-corrected chi connectivity index (χ2v) is 5.80. The Bertz CT molecular complexity index is 505. The van der Waals surface area contributed by atoms with Crippen molar-refractivity contribution in [3.05, 3.63) is 47.0 Å². The fraction of sp³-hybridized carbons (Fsp3) is 0.250. The maximum Gasteiger partial charge on any atom is 0.106 e. The molecule has 0 fully saturated rings. The van der Waals surface area contributed by atoms with E-state index in [0.29, 0.717) is 16.5 Å². The maximum absolute atomic E-state index is 9.93. The van der Waals surface area contributed by atoms with Crippen LogP contribution < -0.4 is 0 Å². The van der Waals surface area contributed by atoms with Crippen LogP contribution >= 0.6 is 35.0 Å². The summed E-state index contributed by atoms with van der Waals surface area (Å²) >= 11 is 13.2. The van der Waals surface area contributed by atoms with Crippen LogP contribution in [0.25, 0.3) is 0 Å². The van der Waals surface area contributed by atoms with Crippen LogP contribution in [0.5, 0.6) is 0 Å². The molecule has 0 aliphatic heterocycles. The Hall–Kier alpha value is -0.680. The van der Waals surface area contributed by atoms with Crippen molar-refractivity contribution in [1.82, 2.24) is 9.55 Å². The Morgan fingerprint density at radius 3 is 2.89 bits per heavy atom. The van der Waals surface area contributed by atoms with Gasteiger partial charge in [-0.2, -0.15) is 0 Å². The second kappa shape index (κ2) is 6.48. The third kappa shape index (κ3) is 3.92. The van der Waals surface area contributed by atoms with Gasteiger partial charge in [-0.3, -0.25) is 0 Å². The third-order valence-electron chi connectivity index (χ3n) is 2.35. The van der Waals surface area contributed by atoms with Gasteiger partial charge in [-0.1, -0.05) is 35.0 Å². The zero-order chi connectivity index (χ0) is 13.0. The molecule has 0 aliphatic rings. The van der Waals surface area contributed by atoms with Crippen molar-refractivity contribution in [1.29, 1.82) is 0 Å². The van der Waals surface area contributed by atoms with Crippen molar-refractivity contribution in [3.8, 4) is 0 Å². The number of hydrogen-bond donors (Lipinski definition) is 1. The Morgan fingerprint density at radius 1 is 1.39 bits per heavy atom. The van der Waals surface area contributed by atoms with Crippen LogP contribution in [0.2, 0.25) is 10.0 Å². The van der Waals surface area contributed by atoms with E-state index in [1.807, 2.05) is 16.8 Å². The summed E-state index contributed by atoms with van der Waals surface area (Å²) in [5.41, 5.74) is -0.508. The van der Waals surface area contributed by atoms with Crippen molar-refractivity contribution >= 4 is 35.0 Å². The Labute approximate surface area is 120 Å². The highest BCUT2D eigenvalue weighted by atomic mass is 35.5. The molecule has 96 valence electrons. The molecule has 18 heavy (non-hydrogen) atoms. The number of hydrogen-bond acceptors (Lipinski definition) is 3. The molecule has 0 saturated carbocycles. The standard InChI is InChI=1S/C12H12Cl2N2OS/c13-9-1-2-11(10(14)7-9)18-12(17)3-5-16-6-4-15-8-16/h1-2,4,6-8,12,17H,3,5H2. The van der Waals surface area contributed by atoms with Gasteiger partial charge in [0.05, 0.1) is 11.3 Å². The van der Waals surface area contributed by atoms with Gasteiger partial charge in [-0.15, -0.1) is 0 Å². The van der Waals surface area contributed by atoms with Crippen LogP contribution in [0.4, 0.5) is 0 Å². The summed E-state index contributed by atoms with van der Waals surface area (Å²) < 4.78 is 1.92. The monoisotopic (exact) mass is 302 g/mol. The van der Waals surface area contributed by atoms with Gasteiger partial charge in [-0.05, 0) is 18.2 Å². The Kier molecular flexibility index (Phi) is 4.95. The summed E-state index contributed by atoms with van der Waals surface area (Å²) in [5, 5.41) is 11.1. The maximum atomic E-state index is 9.93. The first kappa shape index (κ1) is 13.7. The van der Waals surface area contributed by atoms with E-state index in [1.165, 1.54) is 11.8 Å². The fourth-order valence-electron chi connectivity index (χ4n) is 1.45. The molecule has 1 aromatic carbocycles. The fourth-order valence-corrected chi connectivity index (χ4v) is 2.83. The molecule has 3 nitrogen and oxygen atoms in total. The predicted octanol–water partition coefficient (Wildman–Crippen LogP) is 3.69. The van der Waals surface area contributed by atoms with E-state index in [1.54, 1.807) is 24.7 Å². The van der Waals surface area contributed by atoms with Gasteiger partial charge in [0.2, 0.25) is 0 Å². The van der Waals surface area contributed by atoms with Crippen LogP contribution in [-0.4, -0.2) is 20.1 Å². The van der Waals surface area contributed by atoms with Crippen molar-refractivity contribution in [2.75, 3.05) is 0 Å². The lowest BCUT2D eigenvalue weighted by molar-refractivity contribution is 0.245. The molecule has 0 amide bonds. The zero-order valence-corrected chi connectivity index (χ0v) is 11.8. The van der Waals surface area contributed by atoms with E-state index in [9.17, 15) is 5.11 Å². The highest BCUT2D eigenvalue weighted by molar-refractivity contribution is 7.99. The summed E-state index contributed by atoms with van der Waals surface area (Å²) in [6.45, 7) is 0.722. The molecule has 1 N–H and O–H groups in total. The topological polar surface area (TPSA) is 38.0 Å². The van der Waals surface area contributed by atoms with E-state index in [0.717, 1.165) is 11.4 Å². The summed E-state index contributed by atoms with van der Waals surface area (Å²) in [4.78, 5) is 4.78. The van der Waals surface area contributed by atoms with E-state index in [4.69, 9.17) is 23.2 Å². The molecule has 1 heterocycles. The summed E-state index contributed by atoms with van der Waals surface area (Å²) in [6.07, 6.45) is 5.94. The predicted molar refractivity (Wildman–Crippen MR) is 75.2 cm³/mol. The van der Waals surface area contributed by atoms with Gasteiger partial charge in [0.1, 0.15) is 5.44 Å². The van der Waals surface area contributed by atoms with Gasteiger partial charge in [0.25, 0.3) is 0 Å². The molecular formula is C12H12Cl2N2OS. The van der Waals surface area contributed by atoms with E-state index in [-0.39, 0.29) is 0 Å². The molecule has 6 heteroatoms. The summed E-state index contributed by atoms with van der Waals surface area (Å²) in [5.74, 6) is 0. The zero-order valence-electron chi connectivity index (χ0n) is 9.46. The summed E-state index contributed by atoms with van der Waals surface area (Å²) in [7, 11) is 0. The molecule has 0 radical (unpaired) electrons. The normalized spacial score (nSPS) is 12.6. The number of nitrogens with zero attached hydrogens (tertiary/aromatic N) is 2. The van der Waals surface area contributed by atoms with E-state index < -0.39 is 5.44 Å². The number of halogens is 2. The Morgan fingerprint density at radius 2 is 2.22 bits per heavy atom. The molecule has 0 saturated heterocycles. The van der Waals surface area contributed by atoms with Gasteiger partial charge >= 0.3 is 0 Å². The molecule has 0 aliphatic carbocycles. The summed E-state index contributed by atoms with van der Waals surface area (Å²) in [6, 6.07) is 5.25. The largest absolute Gasteiger partial charge is 0.382 e. The first-order valence-corrected chi connectivity index (χ1v) is 7.04. The van der Waals surface area contributed by atoms with Gasteiger partial charge in [0, 0.05) is 35.3 Å². The number of aromatic nitrogens is 2. The molecule has 2 rings (SSSR count). The first-order valence-electron chi connectivity index (χ1n) is 5.40. The minimum absolute atomic E-state index is 0.508. The molecule has 1 unspecified atom stereocenters. The first-order chi connectivity index (χ1) is 8.65. The van der Waals surface area contributed by atoms with Crippen molar-refractivity contribution in [2.24, 2.45) is 0 Å². The smallest absolute Gasteiger partial charge is 0.106 e. The van der Waals surface area contributed by atoms with E-state index >= 15 is 0 Å². The van der Waals surface area contributed by atoms with E-state index in [2.05, 4.69) is 4.98 Å². The quantitative estimate of drug-likeness (QED) is 0.676. The van der Waals surface area contributed by atoms with Gasteiger partial charge in [-0.25, -0.2) is 4.98 Å². The van der Waals surface area contributed by atoms with Crippen molar-refractivity contribution in [3.63, 3.8) is 0 Å². The molecule has 2 aromatic rings. The van der Waals surface area contributed by atoms with Crippen LogP contribution in [0.15, 0.2) is 41.8 Å². The molecule has 0 bridgehead atoms. The average Bonchev–Trinajstić information content (AvgIpc) is 2.83. The van der Waals surface area contributed by atoms with Gasteiger partial charge < -0.3 is 9.67 Å². The lowest BCUT2D eigenvalue weighted by Crippen LogP contribution is -2.06. The second-order valence-electron chi connectivity index (χ2n) is 3.74. The Balaban J connectivity index is 1.88. The molecule has 1 aromatic heterocycles. The van der Waals surface area contributed by atoms with Crippen LogP contribution in [0.3, 0.4) is 0 Å². The number of aliphatic hydroxyl groups excluding tert-OH is 1. The number of aryl methyl sites for hydroxylation is 1. The number of rotatable bonds is 5. The highest BCUT2D eigenvalue weighted by Crippen LogP contribution is 2.32. The lowest BCUT2D eigenvalue weighted by atomic mass is 10.4. The van der Waals surface area contributed by atoms with Crippen LogP contribution in [0.1, 0.15) is 6.42 Å². The number of imidazole rings is 1. The SMILES string of the molecule is OC(CCn1ccnc1)Sc1ccc(Cl)cc1Cl. The molecular weight excluding hydrogens is 291 g/mol. The van der Waals surface area contributed by atoms with Crippen LogP contribution in [-0.2, 0) is 6.54 Å².